The maximum Gasteiger partial charge on any atom is 0.419 e. The van der Waals surface area contributed by atoms with Crippen LogP contribution in [0.2, 0.25) is 0 Å². The lowest BCUT2D eigenvalue weighted by Crippen LogP contribution is -2.36. The van der Waals surface area contributed by atoms with Crippen LogP contribution in [0, 0.1) is 0 Å². The SMILES string of the molecule is COc1cc(N2CCOCC2)ccc1Nc1ncc(C(F)(F)F)c(Cc2cccc3c2C(=O)N(C)C32CC2)n1. The van der Waals surface area contributed by atoms with Gasteiger partial charge >= 0.3 is 6.18 Å². The number of amides is 1. The monoisotopic (exact) mass is 539 g/mol. The van der Waals surface area contributed by atoms with E-state index >= 15 is 0 Å². The van der Waals surface area contributed by atoms with E-state index in [1.807, 2.05) is 18.2 Å². The van der Waals surface area contributed by atoms with Gasteiger partial charge in [-0.3, -0.25) is 4.79 Å². The van der Waals surface area contributed by atoms with Crippen LogP contribution < -0.4 is 15.0 Å². The quantitative estimate of drug-likeness (QED) is 0.484. The molecule has 2 fully saturated rings. The fraction of sp³-hybridized carbons (Fsp3) is 0.393. The second-order valence-corrected chi connectivity index (χ2v) is 10.1. The van der Waals surface area contributed by atoms with Crippen LogP contribution in [0.5, 0.6) is 5.75 Å². The van der Waals surface area contributed by atoms with E-state index in [2.05, 4.69) is 20.2 Å². The van der Waals surface area contributed by atoms with Crippen molar-refractivity contribution in [3.63, 3.8) is 0 Å². The number of halogens is 3. The highest BCUT2D eigenvalue weighted by atomic mass is 19.4. The van der Waals surface area contributed by atoms with Crippen LogP contribution in [0.25, 0.3) is 0 Å². The van der Waals surface area contributed by atoms with Gasteiger partial charge in [0.1, 0.15) is 5.75 Å². The number of methoxy groups -OCH3 is 1. The Balaban J connectivity index is 1.33. The summed E-state index contributed by atoms with van der Waals surface area (Å²) in [7, 11) is 3.28. The molecule has 3 aromatic rings. The lowest BCUT2D eigenvalue weighted by molar-refractivity contribution is -0.138. The molecule has 1 aliphatic carbocycles. The van der Waals surface area contributed by atoms with E-state index in [0.717, 1.165) is 43.4 Å². The lowest BCUT2D eigenvalue weighted by atomic mass is 9.94. The highest BCUT2D eigenvalue weighted by molar-refractivity contribution is 6.02. The summed E-state index contributed by atoms with van der Waals surface area (Å²) in [6.07, 6.45) is -2.31. The molecule has 2 aliphatic heterocycles. The molecule has 1 saturated carbocycles. The van der Waals surface area contributed by atoms with Gasteiger partial charge in [0.2, 0.25) is 5.95 Å². The number of nitrogens with one attached hydrogen (secondary N) is 1. The molecule has 3 aliphatic rings. The molecule has 0 bridgehead atoms. The van der Waals surface area contributed by atoms with E-state index in [1.54, 1.807) is 30.1 Å². The number of morpholine rings is 1. The number of nitrogens with zero attached hydrogens (tertiary/aromatic N) is 4. The van der Waals surface area contributed by atoms with Gasteiger partial charge < -0.3 is 24.6 Å². The Hall–Kier alpha value is -3.86. The molecule has 1 spiro atoms. The Morgan fingerprint density at radius 2 is 1.92 bits per heavy atom. The number of hydrogen-bond donors (Lipinski definition) is 1. The number of alkyl halides is 3. The molecule has 39 heavy (non-hydrogen) atoms. The zero-order valence-corrected chi connectivity index (χ0v) is 21.6. The predicted octanol–water partition coefficient (Wildman–Crippen LogP) is 4.75. The van der Waals surface area contributed by atoms with Crippen molar-refractivity contribution in [3.05, 3.63) is 70.5 Å². The van der Waals surface area contributed by atoms with E-state index in [4.69, 9.17) is 9.47 Å². The zero-order chi connectivity index (χ0) is 27.4. The first-order chi connectivity index (χ1) is 18.7. The molecule has 1 amide bonds. The van der Waals surface area contributed by atoms with Gasteiger partial charge in [-0.25, -0.2) is 9.97 Å². The molecule has 0 radical (unpaired) electrons. The molecule has 1 aromatic heterocycles. The number of aromatic nitrogens is 2. The van der Waals surface area contributed by atoms with Crippen molar-refractivity contribution in [1.82, 2.24) is 14.9 Å². The van der Waals surface area contributed by atoms with Crippen molar-refractivity contribution in [2.75, 3.05) is 50.7 Å². The van der Waals surface area contributed by atoms with Crippen LogP contribution in [0.3, 0.4) is 0 Å². The van der Waals surface area contributed by atoms with E-state index in [9.17, 15) is 18.0 Å². The molecule has 11 heteroatoms. The van der Waals surface area contributed by atoms with Crippen molar-refractivity contribution in [2.45, 2.75) is 31.0 Å². The van der Waals surface area contributed by atoms with Crippen molar-refractivity contribution >= 4 is 23.2 Å². The third-order valence-corrected chi connectivity index (χ3v) is 7.88. The standard InChI is InChI=1S/C28H28F3N5O3/c1-35-25(37)24-17(4-3-5-19(24)27(35)8-9-27)14-22-20(28(29,30)31)16-32-26(34-22)33-21-7-6-18(15-23(21)38-2)36-10-12-39-13-11-36/h3-7,15-16H,8-14H2,1-2H3,(H,32,33,34). The Morgan fingerprint density at radius 3 is 2.62 bits per heavy atom. The molecular weight excluding hydrogens is 511 g/mol. The van der Waals surface area contributed by atoms with Gasteiger partial charge in [0.05, 0.1) is 42.8 Å². The highest BCUT2D eigenvalue weighted by Crippen LogP contribution is 2.56. The van der Waals surface area contributed by atoms with Gasteiger partial charge in [-0.2, -0.15) is 13.2 Å². The minimum absolute atomic E-state index is 0.00473. The van der Waals surface area contributed by atoms with Crippen LogP contribution >= 0.6 is 0 Å². The maximum absolute atomic E-state index is 14.0. The third-order valence-electron chi connectivity index (χ3n) is 7.88. The largest absolute Gasteiger partial charge is 0.494 e. The normalized spacial score (nSPS) is 17.9. The number of hydrogen-bond acceptors (Lipinski definition) is 7. The Morgan fingerprint density at radius 1 is 1.15 bits per heavy atom. The molecule has 1 N–H and O–H groups in total. The van der Waals surface area contributed by atoms with Crippen LogP contribution in [0.1, 0.15) is 45.6 Å². The summed E-state index contributed by atoms with van der Waals surface area (Å²) in [5.41, 5.74) is 1.92. The van der Waals surface area contributed by atoms with Crippen molar-refractivity contribution in [1.29, 1.82) is 0 Å². The molecule has 3 heterocycles. The first-order valence-electron chi connectivity index (χ1n) is 12.8. The summed E-state index contributed by atoms with van der Waals surface area (Å²) < 4.78 is 52.9. The Bertz CT molecular complexity index is 1430. The van der Waals surface area contributed by atoms with Crippen molar-refractivity contribution in [2.24, 2.45) is 0 Å². The van der Waals surface area contributed by atoms with Gasteiger partial charge in [-0.05, 0) is 36.1 Å². The van der Waals surface area contributed by atoms with Crippen molar-refractivity contribution in [3.8, 4) is 5.75 Å². The maximum atomic E-state index is 14.0. The Labute approximate surface area is 223 Å². The fourth-order valence-corrected chi connectivity index (χ4v) is 5.60. The van der Waals surface area contributed by atoms with E-state index in [0.29, 0.717) is 35.8 Å². The second kappa shape index (κ2) is 9.41. The summed E-state index contributed by atoms with van der Waals surface area (Å²) in [6, 6.07) is 11.0. The zero-order valence-electron chi connectivity index (χ0n) is 21.6. The number of carbonyl (C=O) groups is 1. The number of carbonyl (C=O) groups excluding carboxylic acids is 1. The number of benzene rings is 2. The fourth-order valence-electron chi connectivity index (χ4n) is 5.60. The predicted molar refractivity (Wildman–Crippen MR) is 139 cm³/mol. The smallest absolute Gasteiger partial charge is 0.419 e. The van der Waals surface area contributed by atoms with E-state index in [-0.39, 0.29) is 29.5 Å². The van der Waals surface area contributed by atoms with Gasteiger partial charge in [-0.1, -0.05) is 18.2 Å². The summed E-state index contributed by atoms with van der Waals surface area (Å²) in [4.78, 5) is 25.2. The lowest BCUT2D eigenvalue weighted by Gasteiger charge is -2.29. The molecule has 2 aromatic carbocycles. The molecule has 0 unspecified atom stereocenters. The van der Waals surface area contributed by atoms with Crippen LogP contribution in [-0.2, 0) is 22.9 Å². The van der Waals surface area contributed by atoms with Gasteiger partial charge in [-0.15, -0.1) is 0 Å². The minimum Gasteiger partial charge on any atom is -0.494 e. The summed E-state index contributed by atoms with van der Waals surface area (Å²) in [5.74, 6) is 0.350. The molecule has 1 saturated heterocycles. The average Bonchev–Trinajstić information content (AvgIpc) is 3.71. The van der Waals surface area contributed by atoms with Crippen LogP contribution in [-0.4, -0.2) is 61.2 Å². The summed E-state index contributed by atoms with van der Waals surface area (Å²) in [5, 5.41) is 3.02. The number of ether oxygens (including phenoxy) is 2. The Kier molecular flexibility index (Phi) is 6.13. The van der Waals surface area contributed by atoms with Gasteiger partial charge in [0.25, 0.3) is 5.91 Å². The number of rotatable bonds is 6. The molecule has 8 nitrogen and oxygen atoms in total. The molecule has 0 atom stereocenters. The number of fused-ring (bicyclic) bond motifs is 2. The van der Waals surface area contributed by atoms with Crippen LogP contribution in [0.15, 0.2) is 42.6 Å². The number of anilines is 3. The van der Waals surface area contributed by atoms with E-state index in [1.165, 1.54) is 7.11 Å². The summed E-state index contributed by atoms with van der Waals surface area (Å²) >= 11 is 0. The summed E-state index contributed by atoms with van der Waals surface area (Å²) in [6.45, 7) is 2.78. The van der Waals surface area contributed by atoms with Gasteiger partial charge in [0, 0.05) is 50.1 Å². The van der Waals surface area contributed by atoms with Crippen LogP contribution in [0.4, 0.5) is 30.5 Å². The van der Waals surface area contributed by atoms with Crippen molar-refractivity contribution < 1.29 is 27.4 Å². The average molecular weight is 540 g/mol. The topological polar surface area (TPSA) is 79.8 Å². The van der Waals surface area contributed by atoms with Gasteiger partial charge in [0.15, 0.2) is 0 Å². The molecule has 204 valence electrons. The highest BCUT2D eigenvalue weighted by Gasteiger charge is 2.56. The third kappa shape index (κ3) is 4.44. The van der Waals surface area contributed by atoms with E-state index < -0.39 is 11.7 Å². The minimum atomic E-state index is -4.65. The molecular formula is C28H28F3N5O3. The molecule has 6 rings (SSSR count). The first-order valence-corrected chi connectivity index (χ1v) is 12.8. The first kappa shape index (κ1) is 25.4. The second-order valence-electron chi connectivity index (χ2n) is 10.1.